The number of sulfone groups is 1. The quantitative estimate of drug-likeness (QED) is 0.879. The summed E-state index contributed by atoms with van der Waals surface area (Å²) in [6.45, 7) is 0. The van der Waals surface area contributed by atoms with Gasteiger partial charge in [0.05, 0.1) is 4.90 Å². The first-order valence-electron chi connectivity index (χ1n) is 8.12. The summed E-state index contributed by atoms with van der Waals surface area (Å²) in [5.41, 5.74) is 0.697. The van der Waals surface area contributed by atoms with Gasteiger partial charge in [0.1, 0.15) is 6.04 Å². The van der Waals surface area contributed by atoms with Gasteiger partial charge in [-0.3, -0.25) is 4.79 Å². The molecule has 1 saturated heterocycles. The van der Waals surface area contributed by atoms with Crippen molar-refractivity contribution in [3.63, 3.8) is 0 Å². The second kappa shape index (κ2) is 6.19. The lowest BCUT2D eigenvalue weighted by Crippen LogP contribution is -2.45. The summed E-state index contributed by atoms with van der Waals surface area (Å²) in [4.78, 5) is 12.9. The summed E-state index contributed by atoms with van der Waals surface area (Å²) >= 11 is 0. The van der Waals surface area contributed by atoms with E-state index in [9.17, 15) is 26.4 Å². The molecule has 0 bridgehead atoms. The van der Waals surface area contributed by atoms with Crippen LogP contribution in [0.5, 0.6) is 0 Å². The van der Waals surface area contributed by atoms with Crippen LogP contribution in [0.15, 0.2) is 29.2 Å². The largest absolute Gasteiger partial charge is 0.501 e. The number of hydrogen-bond acceptors (Lipinski definition) is 4. The fraction of sp³-hybridized carbons (Fsp3) is 0.562. The van der Waals surface area contributed by atoms with Crippen LogP contribution in [0, 0.1) is 5.92 Å². The Kier molecular flexibility index (Phi) is 4.47. The Labute approximate surface area is 143 Å². The van der Waals surface area contributed by atoms with E-state index >= 15 is 0 Å². The van der Waals surface area contributed by atoms with Crippen LogP contribution in [-0.4, -0.2) is 31.9 Å². The summed E-state index contributed by atoms with van der Waals surface area (Å²) in [7, 11) is -5.38. The second-order valence-electron chi connectivity index (χ2n) is 6.62. The van der Waals surface area contributed by atoms with Gasteiger partial charge in [0.15, 0.2) is 0 Å². The Bertz CT molecular complexity index is 762. The van der Waals surface area contributed by atoms with E-state index in [1.54, 1.807) is 0 Å². The van der Waals surface area contributed by atoms with Gasteiger partial charge in [-0.2, -0.15) is 13.2 Å². The van der Waals surface area contributed by atoms with Crippen molar-refractivity contribution < 1.29 is 26.4 Å². The Morgan fingerprint density at radius 3 is 2.28 bits per heavy atom. The van der Waals surface area contributed by atoms with Gasteiger partial charge in [0.25, 0.3) is 9.84 Å². The lowest BCUT2D eigenvalue weighted by molar-refractivity contribution is -0.119. The molecule has 2 N–H and O–H groups in total. The van der Waals surface area contributed by atoms with Crippen LogP contribution in [0.1, 0.15) is 32.1 Å². The molecular formula is C16H19F3N2O3S. The van der Waals surface area contributed by atoms with Crippen LogP contribution in [-0.2, 0) is 14.6 Å². The molecule has 1 aliphatic heterocycles. The third kappa shape index (κ3) is 3.09. The van der Waals surface area contributed by atoms with Crippen LogP contribution in [0.4, 0.5) is 18.9 Å². The number of primary amides is 1. The highest BCUT2D eigenvalue weighted by atomic mass is 32.2. The second-order valence-corrected chi connectivity index (χ2v) is 8.56. The predicted molar refractivity (Wildman–Crippen MR) is 85.5 cm³/mol. The third-order valence-electron chi connectivity index (χ3n) is 5.17. The Balaban J connectivity index is 1.94. The van der Waals surface area contributed by atoms with Gasteiger partial charge in [-0.05, 0) is 49.4 Å². The van der Waals surface area contributed by atoms with Crippen molar-refractivity contribution in [3.8, 4) is 0 Å². The Morgan fingerprint density at radius 1 is 1.12 bits per heavy atom. The lowest BCUT2D eigenvalue weighted by atomic mass is 9.84. The standard InChI is InChI=1S/C16H19F3N2O3S/c17-16(18,19)25(23,24)12-7-5-11(6-8-12)21-13-4-2-1-3-10(13)9-14(21)15(20)22/h5-8,10,13-14H,1-4,9H2,(H2,20,22)/t10-,13+,14-/m0/s1. The first-order chi connectivity index (χ1) is 11.6. The zero-order valence-electron chi connectivity index (χ0n) is 13.4. The third-order valence-corrected chi connectivity index (χ3v) is 6.67. The smallest absolute Gasteiger partial charge is 0.368 e. The van der Waals surface area contributed by atoms with Crippen molar-refractivity contribution in [3.05, 3.63) is 24.3 Å². The summed E-state index contributed by atoms with van der Waals surface area (Å²) in [5, 5.41) is 0. The predicted octanol–water partition coefficient (Wildman–Crippen LogP) is 2.60. The van der Waals surface area contributed by atoms with Gasteiger partial charge < -0.3 is 10.6 Å². The average molecular weight is 376 g/mol. The van der Waals surface area contributed by atoms with E-state index in [0.717, 1.165) is 37.8 Å². The highest BCUT2D eigenvalue weighted by molar-refractivity contribution is 7.92. The molecule has 9 heteroatoms. The summed E-state index contributed by atoms with van der Waals surface area (Å²) < 4.78 is 60.9. The first-order valence-corrected chi connectivity index (χ1v) is 9.60. The van der Waals surface area contributed by atoms with Gasteiger partial charge >= 0.3 is 5.51 Å². The van der Waals surface area contributed by atoms with E-state index in [1.807, 2.05) is 4.90 Å². The molecule has 1 amide bonds. The minimum Gasteiger partial charge on any atom is -0.368 e. The number of rotatable bonds is 3. The first kappa shape index (κ1) is 18.0. The van der Waals surface area contributed by atoms with Crippen LogP contribution in [0.25, 0.3) is 0 Å². The van der Waals surface area contributed by atoms with Crippen LogP contribution in [0.2, 0.25) is 0 Å². The number of fused-ring (bicyclic) bond motifs is 1. The minimum absolute atomic E-state index is 0.108. The number of amides is 1. The summed E-state index contributed by atoms with van der Waals surface area (Å²) in [6.07, 6.45) is 4.61. The van der Waals surface area contributed by atoms with E-state index in [4.69, 9.17) is 5.73 Å². The van der Waals surface area contributed by atoms with Gasteiger partial charge in [0.2, 0.25) is 5.91 Å². The van der Waals surface area contributed by atoms with Crippen molar-refractivity contribution >= 4 is 21.4 Å². The van der Waals surface area contributed by atoms with E-state index in [1.165, 1.54) is 12.1 Å². The Morgan fingerprint density at radius 2 is 1.72 bits per heavy atom. The molecule has 0 unspecified atom stereocenters. The summed E-state index contributed by atoms with van der Waals surface area (Å²) in [6, 6.07) is 4.12. The normalized spacial score (nSPS) is 27.2. The zero-order valence-corrected chi connectivity index (χ0v) is 14.2. The van der Waals surface area contributed by atoms with Gasteiger partial charge in [-0.25, -0.2) is 8.42 Å². The molecule has 2 aliphatic rings. The molecule has 1 aromatic rings. The maximum absolute atomic E-state index is 12.7. The molecule has 0 radical (unpaired) electrons. The van der Waals surface area contributed by atoms with Crippen molar-refractivity contribution in [2.45, 2.75) is 54.6 Å². The molecule has 5 nitrogen and oxygen atoms in total. The number of anilines is 1. The van der Waals surface area contributed by atoms with Gasteiger partial charge in [0, 0.05) is 11.7 Å². The SMILES string of the molecule is NC(=O)[C@@H]1C[C@@H]2CCCC[C@H]2N1c1ccc(S(=O)(=O)C(F)(F)F)cc1. The molecule has 25 heavy (non-hydrogen) atoms. The monoisotopic (exact) mass is 376 g/mol. The molecule has 1 heterocycles. The average Bonchev–Trinajstić information content (AvgIpc) is 2.93. The maximum Gasteiger partial charge on any atom is 0.501 e. The van der Waals surface area contributed by atoms with Crippen molar-refractivity contribution in [2.24, 2.45) is 11.7 Å². The van der Waals surface area contributed by atoms with E-state index < -0.39 is 32.2 Å². The molecule has 3 rings (SSSR count). The number of carbonyl (C=O) groups excluding carboxylic acids is 1. The van der Waals surface area contributed by atoms with E-state index in [2.05, 4.69) is 0 Å². The zero-order chi connectivity index (χ0) is 18.4. The highest BCUT2D eigenvalue weighted by Crippen LogP contribution is 2.42. The number of halogens is 3. The number of nitrogens with two attached hydrogens (primary N) is 1. The molecule has 2 fully saturated rings. The van der Waals surface area contributed by atoms with Gasteiger partial charge in [-0.1, -0.05) is 12.8 Å². The lowest BCUT2D eigenvalue weighted by Gasteiger charge is -2.35. The van der Waals surface area contributed by atoms with E-state index in [-0.39, 0.29) is 6.04 Å². The maximum atomic E-state index is 12.7. The molecule has 3 atom stereocenters. The van der Waals surface area contributed by atoms with Crippen LogP contribution >= 0.6 is 0 Å². The number of nitrogens with zero attached hydrogens (tertiary/aromatic N) is 1. The van der Waals surface area contributed by atoms with Crippen molar-refractivity contribution in [2.75, 3.05) is 4.90 Å². The molecule has 1 aliphatic carbocycles. The van der Waals surface area contributed by atoms with Crippen LogP contribution in [0.3, 0.4) is 0 Å². The molecular weight excluding hydrogens is 357 g/mol. The molecule has 138 valence electrons. The summed E-state index contributed by atoms with van der Waals surface area (Å²) in [5.74, 6) is -0.147. The Hall–Kier alpha value is -1.77. The van der Waals surface area contributed by atoms with Gasteiger partial charge in [-0.15, -0.1) is 0 Å². The molecule has 1 saturated carbocycles. The van der Waals surface area contributed by atoms with Crippen molar-refractivity contribution in [1.29, 1.82) is 0 Å². The number of alkyl halides is 3. The van der Waals surface area contributed by atoms with E-state index in [0.29, 0.717) is 18.0 Å². The fourth-order valence-corrected chi connectivity index (χ4v) is 4.78. The minimum atomic E-state index is -5.38. The molecule has 0 spiro atoms. The number of hydrogen-bond donors (Lipinski definition) is 1. The topological polar surface area (TPSA) is 80.5 Å². The highest BCUT2D eigenvalue weighted by Gasteiger charge is 2.47. The number of benzene rings is 1. The van der Waals surface area contributed by atoms with Crippen molar-refractivity contribution in [1.82, 2.24) is 0 Å². The molecule has 0 aromatic heterocycles. The number of carbonyl (C=O) groups is 1. The fourth-order valence-electron chi connectivity index (χ4n) is 4.02. The molecule has 1 aromatic carbocycles. The van der Waals surface area contributed by atoms with Crippen LogP contribution < -0.4 is 10.6 Å².